The largest absolute Gasteiger partial charge is 0.416 e. The number of halogens is 24. The molecule has 27 heteroatoms. The summed E-state index contributed by atoms with van der Waals surface area (Å²) in [5.41, 5.74) is -27.6. The van der Waals surface area contributed by atoms with Gasteiger partial charge in [0, 0.05) is 23.3 Å². The first-order chi connectivity index (χ1) is 37.6. The van der Waals surface area contributed by atoms with E-state index in [4.69, 9.17) is 0 Å². The Kier molecular flexibility index (Phi) is 16.3. The van der Waals surface area contributed by atoms with Crippen molar-refractivity contribution in [2.24, 2.45) is 0 Å². The van der Waals surface area contributed by atoms with Crippen LogP contribution in [0.5, 0.6) is 0 Å². The van der Waals surface area contributed by atoms with Crippen LogP contribution in [-0.2, 0) is 56.0 Å². The van der Waals surface area contributed by atoms with Crippen molar-refractivity contribution in [3.05, 3.63) is 231 Å². The lowest BCUT2D eigenvalue weighted by Crippen LogP contribution is -2.75. The molecule has 0 aliphatic carbocycles. The van der Waals surface area contributed by atoms with Crippen molar-refractivity contribution in [2.75, 3.05) is 0 Å². The molecule has 0 saturated heterocycles. The number of ketones is 1. The van der Waals surface area contributed by atoms with Gasteiger partial charge in [-0.15, -0.1) is 0 Å². The van der Waals surface area contributed by atoms with E-state index >= 15 is 0 Å². The SMILES string of the molecule is FC(F)(F)c1cc([B-](c2cc(C(F)(F)F)cc(C(F)(F)F)c2)(c2cc(C(F)(F)F)cc(C(F)(F)F)c2)c2cc(C(F)(F)F)cc(C(F)(F)F)c2)cc(C(F)(F)F)c1.O=C(c1ccc2ccccc2c1)c1cccc[n+]1Cc1ccccc1. The lowest BCUT2D eigenvalue weighted by Gasteiger charge is -2.46. The van der Waals surface area contributed by atoms with E-state index in [1.165, 1.54) is 5.56 Å². The van der Waals surface area contributed by atoms with Crippen LogP contribution in [0.15, 0.2) is 170 Å². The van der Waals surface area contributed by atoms with Crippen LogP contribution >= 0.6 is 0 Å². The summed E-state index contributed by atoms with van der Waals surface area (Å²) < 4.78 is 343. The highest BCUT2D eigenvalue weighted by Gasteiger charge is 2.47. The molecule has 0 amide bonds. The summed E-state index contributed by atoms with van der Waals surface area (Å²) in [6, 6.07) is 21.1. The summed E-state index contributed by atoms with van der Waals surface area (Å²) >= 11 is 0. The summed E-state index contributed by atoms with van der Waals surface area (Å²) in [4.78, 5) is 13.1. The normalized spacial score (nSPS) is 13.2. The maximum atomic E-state index is 14.2. The van der Waals surface area contributed by atoms with Crippen LogP contribution in [0.3, 0.4) is 0 Å². The monoisotopic (exact) mass is 1190 g/mol. The Morgan fingerprint density at radius 1 is 0.317 bits per heavy atom. The number of carbonyl (C=O) groups is 1. The van der Waals surface area contributed by atoms with Gasteiger partial charge in [-0.05, 0) is 47.2 Å². The van der Waals surface area contributed by atoms with Crippen LogP contribution in [-0.4, -0.2) is 11.9 Å². The summed E-state index contributed by atoms with van der Waals surface area (Å²) in [5.74, 6) is 0.0438. The number of alkyl halides is 24. The molecule has 432 valence electrons. The van der Waals surface area contributed by atoms with E-state index in [-0.39, 0.29) is 5.78 Å². The van der Waals surface area contributed by atoms with E-state index in [2.05, 4.69) is 18.2 Å². The first-order valence-electron chi connectivity index (χ1n) is 23.0. The molecule has 82 heavy (non-hydrogen) atoms. The molecule has 0 N–H and O–H groups in total. The smallest absolute Gasteiger partial charge is 0.282 e. The molecule has 8 aromatic rings. The van der Waals surface area contributed by atoms with Crippen molar-refractivity contribution in [2.45, 2.75) is 56.0 Å². The molecule has 0 saturated carbocycles. The van der Waals surface area contributed by atoms with Crippen molar-refractivity contribution in [1.82, 2.24) is 0 Å². The molecule has 0 atom stereocenters. The van der Waals surface area contributed by atoms with Gasteiger partial charge in [0.15, 0.2) is 12.7 Å². The second-order valence-corrected chi connectivity index (χ2v) is 18.3. The molecular formula is C55H30BF24NO. The fraction of sp³-hybridized carbons (Fsp3) is 0.164. The fourth-order valence-corrected chi connectivity index (χ4v) is 9.15. The molecular weight excluding hydrogens is 1160 g/mol. The first-order valence-corrected chi connectivity index (χ1v) is 23.0. The van der Waals surface area contributed by atoms with E-state index in [9.17, 15) is 110 Å². The van der Waals surface area contributed by atoms with Gasteiger partial charge in [0.2, 0.25) is 0 Å². The molecule has 0 aliphatic rings. The lowest BCUT2D eigenvalue weighted by molar-refractivity contribution is -0.690. The Labute approximate surface area is 445 Å². The quantitative estimate of drug-likeness (QED) is 0.0643. The number of hydrogen-bond donors (Lipinski definition) is 0. The second-order valence-electron chi connectivity index (χ2n) is 18.3. The van der Waals surface area contributed by atoms with Crippen molar-refractivity contribution >= 4 is 44.6 Å². The van der Waals surface area contributed by atoms with Crippen LogP contribution in [0.25, 0.3) is 10.8 Å². The van der Waals surface area contributed by atoms with E-state index in [1.807, 2.05) is 83.6 Å². The van der Waals surface area contributed by atoms with Crippen molar-refractivity contribution in [1.29, 1.82) is 0 Å². The van der Waals surface area contributed by atoms with Gasteiger partial charge >= 0.3 is 49.4 Å². The fourth-order valence-electron chi connectivity index (χ4n) is 9.15. The molecule has 0 bridgehead atoms. The zero-order valence-electron chi connectivity index (χ0n) is 40.4. The third kappa shape index (κ3) is 13.7. The topological polar surface area (TPSA) is 20.9 Å². The number of aromatic nitrogens is 1. The van der Waals surface area contributed by atoms with Crippen molar-refractivity contribution in [3.63, 3.8) is 0 Å². The van der Waals surface area contributed by atoms with Crippen LogP contribution in [0, 0.1) is 0 Å². The molecule has 0 unspecified atom stereocenters. The Balaban J connectivity index is 0.000000318. The highest BCUT2D eigenvalue weighted by atomic mass is 19.4. The molecule has 0 radical (unpaired) electrons. The first kappa shape index (κ1) is 61.6. The highest BCUT2D eigenvalue weighted by molar-refractivity contribution is 7.20. The number of pyridine rings is 1. The molecule has 1 aromatic heterocycles. The van der Waals surface area contributed by atoms with Gasteiger partial charge in [-0.25, -0.2) is 0 Å². The lowest BCUT2D eigenvalue weighted by atomic mass is 9.12. The van der Waals surface area contributed by atoms with Gasteiger partial charge in [-0.1, -0.05) is 115 Å². The van der Waals surface area contributed by atoms with Gasteiger partial charge in [-0.2, -0.15) is 132 Å². The maximum Gasteiger partial charge on any atom is 0.416 e. The molecule has 8 rings (SSSR count). The van der Waals surface area contributed by atoms with Crippen LogP contribution < -0.4 is 26.4 Å². The zero-order valence-corrected chi connectivity index (χ0v) is 40.4. The molecule has 7 aromatic carbocycles. The van der Waals surface area contributed by atoms with E-state index in [0.717, 1.165) is 10.8 Å². The molecule has 2 nitrogen and oxygen atoms in total. The number of fused-ring (bicyclic) bond motifs is 1. The van der Waals surface area contributed by atoms with Gasteiger partial charge in [0.25, 0.3) is 11.5 Å². The standard InChI is InChI=1S/C32H12BF24.C23H18NO/c34-25(35,36)13-1-14(26(37,38)39)6-21(5-13)33(22-7-15(27(40,41)42)2-16(8-22)28(43,44)45,23-9-17(29(46,47)48)3-18(10-23)30(49,50)51)24-11-19(31(52,53)54)4-20(12-24)32(55,56)57;25-23(21-14-13-19-10-4-5-11-20(19)16-21)22-12-6-7-15-24(22)17-18-8-2-1-3-9-18/h1-12H;1-16H,17H2/q-1;+1. The second kappa shape index (κ2) is 21.7. The molecule has 0 fully saturated rings. The third-order valence-corrected chi connectivity index (χ3v) is 12.8. The number of rotatable bonds is 8. The van der Waals surface area contributed by atoms with Crippen LogP contribution in [0.1, 0.15) is 66.1 Å². The summed E-state index contributed by atoms with van der Waals surface area (Å²) in [6.45, 7) is 0.677. The number of benzene rings is 7. The maximum absolute atomic E-state index is 14.2. The average Bonchev–Trinajstić information content (AvgIpc) is 3.27. The number of nitrogens with zero attached hydrogens (tertiary/aromatic N) is 1. The Bertz CT molecular complexity index is 3200. The number of carbonyl (C=O) groups excluding carboxylic acids is 1. The minimum atomic E-state index is -6.13. The Morgan fingerprint density at radius 3 is 0.927 bits per heavy atom. The highest BCUT2D eigenvalue weighted by Crippen LogP contribution is 2.41. The summed E-state index contributed by atoms with van der Waals surface area (Å²) in [7, 11) is 0. The number of hydrogen-bond acceptors (Lipinski definition) is 1. The van der Waals surface area contributed by atoms with E-state index in [1.54, 1.807) is 0 Å². The van der Waals surface area contributed by atoms with E-state index in [0.29, 0.717) is 17.8 Å². The van der Waals surface area contributed by atoms with E-state index < -0.39 is 195 Å². The Hall–Kier alpha value is -8.00. The summed E-state index contributed by atoms with van der Waals surface area (Å²) in [5, 5.41) is 2.23. The third-order valence-electron chi connectivity index (χ3n) is 12.8. The molecule has 0 spiro atoms. The predicted molar refractivity (Wildman–Crippen MR) is 250 cm³/mol. The minimum absolute atomic E-state index is 0.0438. The van der Waals surface area contributed by atoms with Gasteiger partial charge in [0.05, 0.1) is 44.5 Å². The zero-order chi connectivity index (χ0) is 61.0. The van der Waals surface area contributed by atoms with Crippen LogP contribution in [0.4, 0.5) is 105 Å². The minimum Gasteiger partial charge on any atom is -0.282 e. The molecule has 0 aliphatic heterocycles. The van der Waals surface area contributed by atoms with Gasteiger partial charge < -0.3 is 0 Å². The van der Waals surface area contributed by atoms with Crippen LogP contribution in [0.2, 0.25) is 0 Å². The Morgan fingerprint density at radius 2 is 0.610 bits per heavy atom. The van der Waals surface area contributed by atoms with Crippen molar-refractivity contribution < 1.29 is 115 Å². The summed E-state index contributed by atoms with van der Waals surface area (Å²) in [6.07, 6.45) is -52.8. The molecule has 1 heterocycles. The predicted octanol–water partition coefficient (Wildman–Crippen LogP) is 15.6. The average molecular weight is 1190 g/mol. The van der Waals surface area contributed by atoms with Crippen molar-refractivity contribution in [3.8, 4) is 0 Å². The van der Waals surface area contributed by atoms with Gasteiger partial charge in [-0.3, -0.25) is 4.79 Å². The van der Waals surface area contributed by atoms with Gasteiger partial charge in [0.1, 0.15) is 6.15 Å².